The monoisotopic (exact) mass is 274 g/mol. The molecule has 0 spiro atoms. The smallest absolute Gasteiger partial charge is 0.154 e. The predicted octanol–water partition coefficient (Wildman–Crippen LogP) is 2.30. The first kappa shape index (κ1) is 12.7. The molecule has 17 heavy (non-hydrogen) atoms. The Hall–Kier alpha value is -0.740. The van der Waals surface area contributed by atoms with Gasteiger partial charge in [-0.05, 0) is 18.9 Å². The van der Waals surface area contributed by atoms with Crippen molar-refractivity contribution in [2.45, 2.75) is 25.3 Å². The zero-order chi connectivity index (χ0) is 12.5. The summed E-state index contributed by atoms with van der Waals surface area (Å²) in [6, 6.07) is 5.76. The summed E-state index contributed by atoms with van der Waals surface area (Å²) in [4.78, 5) is 0. The number of halogens is 1. The van der Waals surface area contributed by atoms with E-state index in [4.69, 9.17) is 16.3 Å². The summed E-state index contributed by atoms with van der Waals surface area (Å²) >= 11 is 5.85. The van der Waals surface area contributed by atoms with Crippen LogP contribution in [-0.4, -0.2) is 26.0 Å². The minimum Gasteiger partial charge on any atom is -0.489 e. The standard InChI is InChI=1S/C12H15ClO3S/c1-9-3-2-4-10(7-13)12(9)16-11-5-6-17(14,15)8-11/h2-4,11H,5-8H2,1H3. The number of para-hydroxylation sites is 1. The molecule has 1 aromatic rings. The van der Waals surface area contributed by atoms with Crippen molar-refractivity contribution in [3.8, 4) is 5.75 Å². The van der Waals surface area contributed by atoms with E-state index in [0.29, 0.717) is 12.3 Å². The largest absolute Gasteiger partial charge is 0.489 e. The third-order valence-electron chi connectivity index (χ3n) is 2.91. The van der Waals surface area contributed by atoms with Crippen LogP contribution in [0.25, 0.3) is 0 Å². The predicted molar refractivity (Wildman–Crippen MR) is 68.4 cm³/mol. The highest BCUT2D eigenvalue weighted by Crippen LogP contribution is 2.28. The van der Waals surface area contributed by atoms with Gasteiger partial charge in [0.1, 0.15) is 11.9 Å². The van der Waals surface area contributed by atoms with E-state index in [1.54, 1.807) is 0 Å². The van der Waals surface area contributed by atoms with E-state index in [0.717, 1.165) is 16.9 Å². The topological polar surface area (TPSA) is 43.4 Å². The molecule has 1 heterocycles. The first-order valence-corrected chi connectivity index (χ1v) is 7.89. The molecule has 0 N–H and O–H groups in total. The van der Waals surface area contributed by atoms with Gasteiger partial charge < -0.3 is 4.74 Å². The molecule has 0 bridgehead atoms. The molecule has 1 fully saturated rings. The molecular formula is C12H15ClO3S. The van der Waals surface area contributed by atoms with Gasteiger partial charge in [0.05, 0.1) is 17.4 Å². The minimum absolute atomic E-state index is 0.114. The van der Waals surface area contributed by atoms with Gasteiger partial charge in [0.25, 0.3) is 0 Å². The molecule has 1 atom stereocenters. The Balaban J connectivity index is 2.19. The molecule has 5 heteroatoms. The van der Waals surface area contributed by atoms with Gasteiger partial charge in [0.15, 0.2) is 9.84 Å². The van der Waals surface area contributed by atoms with Crippen LogP contribution in [0, 0.1) is 6.92 Å². The maximum Gasteiger partial charge on any atom is 0.154 e. The summed E-state index contributed by atoms with van der Waals surface area (Å²) in [6.45, 7) is 1.94. The third kappa shape index (κ3) is 2.93. The van der Waals surface area contributed by atoms with E-state index in [1.165, 1.54) is 0 Å². The normalized spacial score (nSPS) is 22.6. The van der Waals surface area contributed by atoms with Crippen LogP contribution in [-0.2, 0) is 15.7 Å². The number of sulfone groups is 1. The molecule has 1 aromatic carbocycles. The molecule has 1 saturated heterocycles. The molecule has 0 aliphatic carbocycles. The molecule has 3 nitrogen and oxygen atoms in total. The molecule has 2 rings (SSSR count). The number of ether oxygens (including phenoxy) is 1. The number of benzene rings is 1. The van der Waals surface area contributed by atoms with Gasteiger partial charge in [-0.3, -0.25) is 0 Å². The Kier molecular flexibility index (Phi) is 3.64. The lowest BCUT2D eigenvalue weighted by molar-refractivity contribution is 0.225. The van der Waals surface area contributed by atoms with Gasteiger partial charge in [-0.1, -0.05) is 18.2 Å². The Labute approximate surface area is 107 Å². The van der Waals surface area contributed by atoms with Crippen molar-refractivity contribution < 1.29 is 13.2 Å². The van der Waals surface area contributed by atoms with Crippen LogP contribution in [0.4, 0.5) is 0 Å². The number of hydrogen-bond acceptors (Lipinski definition) is 3. The lowest BCUT2D eigenvalue weighted by Gasteiger charge is -2.17. The van der Waals surface area contributed by atoms with Gasteiger partial charge in [-0.25, -0.2) is 8.42 Å². The lowest BCUT2D eigenvalue weighted by Crippen LogP contribution is -2.19. The van der Waals surface area contributed by atoms with Crippen molar-refractivity contribution in [3.63, 3.8) is 0 Å². The second kappa shape index (κ2) is 4.86. The summed E-state index contributed by atoms with van der Waals surface area (Å²) in [5.41, 5.74) is 1.91. The average Bonchev–Trinajstić information content (AvgIpc) is 2.61. The van der Waals surface area contributed by atoms with Crippen molar-refractivity contribution in [2.24, 2.45) is 0 Å². The Morgan fingerprint density at radius 2 is 2.24 bits per heavy atom. The van der Waals surface area contributed by atoms with Crippen molar-refractivity contribution in [1.29, 1.82) is 0 Å². The van der Waals surface area contributed by atoms with Crippen LogP contribution in [0.2, 0.25) is 0 Å². The number of alkyl halides is 1. The highest BCUT2D eigenvalue weighted by atomic mass is 35.5. The zero-order valence-electron chi connectivity index (χ0n) is 9.65. The van der Waals surface area contributed by atoms with Crippen molar-refractivity contribution >= 4 is 21.4 Å². The summed E-state index contributed by atoms with van der Waals surface area (Å²) in [7, 11) is -2.91. The van der Waals surface area contributed by atoms with E-state index in [2.05, 4.69) is 0 Å². The second-order valence-corrected chi connectivity index (χ2v) is 6.84. The number of hydrogen-bond donors (Lipinski definition) is 0. The Morgan fingerprint density at radius 1 is 1.47 bits per heavy atom. The van der Waals surface area contributed by atoms with Gasteiger partial charge in [0, 0.05) is 5.56 Å². The van der Waals surface area contributed by atoms with Crippen molar-refractivity contribution in [1.82, 2.24) is 0 Å². The lowest BCUT2D eigenvalue weighted by atomic mass is 10.1. The summed E-state index contributed by atoms with van der Waals surface area (Å²) in [5, 5.41) is 0. The van der Waals surface area contributed by atoms with Gasteiger partial charge in [-0.15, -0.1) is 11.6 Å². The minimum atomic E-state index is -2.91. The first-order chi connectivity index (χ1) is 8.02. The van der Waals surface area contributed by atoms with Gasteiger partial charge in [0.2, 0.25) is 0 Å². The van der Waals surface area contributed by atoms with E-state index in [-0.39, 0.29) is 17.6 Å². The first-order valence-electron chi connectivity index (χ1n) is 5.53. The molecule has 0 saturated carbocycles. The van der Waals surface area contributed by atoms with Crippen LogP contribution in [0.1, 0.15) is 17.5 Å². The molecule has 0 aromatic heterocycles. The number of rotatable bonds is 3. The van der Waals surface area contributed by atoms with E-state index >= 15 is 0 Å². The highest BCUT2D eigenvalue weighted by Gasteiger charge is 2.30. The second-order valence-electron chi connectivity index (χ2n) is 4.34. The summed E-state index contributed by atoms with van der Waals surface area (Å²) in [6.07, 6.45) is 0.335. The zero-order valence-corrected chi connectivity index (χ0v) is 11.2. The highest BCUT2D eigenvalue weighted by molar-refractivity contribution is 7.91. The fraction of sp³-hybridized carbons (Fsp3) is 0.500. The third-order valence-corrected chi connectivity index (χ3v) is 4.94. The quantitative estimate of drug-likeness (QED) is 0.795. The summed E-state index contributed by atoms with van der Waals surface area (Å²) in [5.74, 6) is 1.45. The van der Waals surface area contributed by atoms with Crippen LogP contribution >= 0.6 is 11.6 Å². The van der Waals surface area contributed by atoms with Crippen LogP contribution in [0.5, 0.6) is 5.75 Å². The maximum atomic E-state index is 11.4. The summed E-state index contributed by atoms with van der Waals surface area (Å²) < 4.78 is 28.5. The molecule has 0 radical (unpaired) electrons. The van der Waals surface area contributed by atoms with Crippen LogP contribution in [0.15, 0.2) is 18.2 Å². The van der Waals surface area contributed by atoms with Crippen molar-refractivity contribution in [2.75, 3.05) is 11.5 Å². The van der Waals surface area contributed by atoms with Gasteiger partial charge >= 0.3 is 0 Å². The molecule has 1 aliphatic heterocycles. The fourth-order valence-corrected chi connectivity index (χ4v) is 3.81. The molecule has 1 unspecified atom stereocenters. The molecule has 94 valence electrons. The molecule has 1 aliphatic rings. The van der Waals surface area contributed by atoms with Gasteiger partial charge in [-0.2, -0.15) is 0 Å². The maximum absolute atomic E-state index is 11.4. The van der Waals surface area contributed by atoms with Crippen molar-refractivity contribution in [3.05, 3.63) is 29.3 Å². The fourth-order valence-electron chi connectivity index (χ4n) is 2.01. The van der Waals surface area contributed by atoms with E-state index in [1.807, 2.05) is 25.1 Å². The Bertz CT molecular complexity index is 510. The molecule has 0 amide bonds. The number of aryl methyl sites for hydroxylation is 1. The Morgan fingerprint density at radius 3 is 2.82 bits per heavy atom. The van der Waals surface area contributed by atoms with Crippen LogP contribution < -0.4 is 4.74 Å². The van der Waals surface area contributed by atoms with E-state index < -0.39 is 9.84 Å². The molecular weight excluding hydrogens is 260 g/mol. The average molecular weight is 275 g/mol. The van der Waals surface area contributed by atoms with Crippen LogP contribution in [0.3, 0.4) is 0 Å². The van der Waals surface area contributed by atoms with E-state index in [9.17, 15) is 8.42 Å². The SMILES string of the molecule is Cc1cccc(CCl)c1OC1CCS(=O)(=O)C1.